The third-order valence-corrected chi connectivity index (χ3v) is 6.49. The summed E-state index contributed by atoms with van der Waals surface area (Å²) in [4.78, 5) is 8.02. The van der Waals surface area contributed by atoms with Gasteiger partial charge in [0.1, 0.15) is 5.15 Å². The molecule has 33 heavy (non-hydrogen) atoms. The second kappa shape index (κ2) is 9.93. The summed E-state index contributed by atoms with van der Waals surface area (Å²) in [6, 6.07) is 8.06. The fourth-order valence-corrected chi connectivity index (χ4v) is 4.77. The molecule has 0 aliphatic heterocycles. The standard InChI is InChI=1S/C23H24ClF3N4OS/c1-14-10-11-31(30-14)18-12-16(15-6-4-3-5-7-15)8-9-17(18)21(23(25,26)27)32-20-13-19(24)28-22(29-20)33-2/h8-13,15,21H,3-7H2,1-2H3/t21-/m1/s1. The van der Waals surface area contributed by atoms with Crippen LogP contribution in [-0.2, 0) is 0 Å². The van der Waals surface area contributed by atoms with Crippen molar-refractivity contribution in [2.24, 2.45) is 0 Å². The van der Waals surface area contributed by atoms with E-state index in [0.717, 1.165) is 31.2 Å². The number of hydrogen-bond donors (Lipinski definition) is 0. The van der Waals surface area contributed by atoms with Crippen molar-refractivity contribution in [3.05, 3.63) is 58.5 Å². The summed E-state index contributed by atoms with van der Waals surface area (Å²) < 4.78 is 49.8. The summed E-state index contributed by atoms with van der Waals surface area (Å²) in [5, 5.41) is 4.63. The van der Waals surface area contributed by atoms with E-state index in [-0.39, 0.29) is 21.8 Å². The normalized spacial score (nSPS) is 16.1. The van der Waals surface area contributed by atoms with Crippen LogP contribution in [0.3, 0.4) is 0 Å². The zero-order valence-corrected chi connectivity index (χ0v) is 19.8. The van der Waals surface area contributed by atoms with E-state index < -0.39 is 12.3 Å². The van der Waals surface area contributed by atoms with Gasteiger partial charge in [-0.15, -0.1) is 0 Å². The highest BCUT2D eigenvalue weighted by atomic mass is 35.5. The Bertz CT molecular complexity index is 1120. The van der Waals surface area contributed by atoms with Crippen LogP contribution in [0.25, 0.3) is 5.69 Å². The molecule has 1 saturated carbocycles. The zero-order valence-electron chi connectivity index (χ0n) is 18.3. The summed E-state index contributed by atoms with van der Waals surface area (Å²) >= 11 is 7.14. The van der Waals surface area contributed by atoms with Crippen LogP contribution in [0.2, 0.25) is 5.15 Å². The molecule has 1 fully saturated rings. The topological polar surface area (TPSA) is 52.8 Å². The molecule has 10 heteroatoms. The molecule has 2 heterocycles. The number of aromatic nitrogens is 4. The van der Waals surface area contributed by atoms with Crippen molar-refractivity contribution >= 4 is 23.4 Å². The molecule has 0 radical (unpaired) electrons. The van der Waals surface area contributed by atoms with E-state index >= 15 is 0 Å². The van der Waals surface area contributed by atoms with Gasteiger partial charge in [0.15, 0.2) is 5.16 Å². The van der Waals surface area contributed by atoms with Crippen molar-refractivity contribution in [1.82, 2.24) is 19.7 Å². The van der Waals surface area contributed by atoms with Crippen molar-refractivity contribution in [2.45, 2.75) is 62.4 Å². The van der Waals surface area contributed by atoms with Gasteiger partial charge in [-0.3, -0.25) is 0 Å². The molecule has 0 bridgehead atoms. The van der Waals surface area contributed by atoms with Crippen LogP contribution >= 0.6 is 23.4 Å². The number of aryl methyl sites for hydroxylation is 1. The molecule has 2 aromatic heterocycles. The van der Waals surface area contributed by atoms with E-state index in [1.807, 2.05) is 6.07 Å². The second-order valence-corrected chi connectivity index (χ2v) is 9.27. The average Bonchev–Trinajstić information content (AvgIpc) is 3.23. The predicted octanol–water partition coefficient (Wildman–Crippen LogP) is 7.08. The molecule has 0 saturated heterocycles. The lowest BCUT2D eigenvalue weighted by Gasteiger charge is -2.26. The number of thioether (sulfide) groups is 1. The first-order valence-corrected chi connectivity index (χ1v) is 12.3. The SMILES string of the molecule is CSc1nc(Cl)cc(O[C@H](c2ccc(C3CCCCC3)cc2-n2ccc(C)n2)C(F)(F)F)n1. The van der Waals surface area contributed by atoms with Crippen LogP contribution in [-0.4, -0.2) is 32.2 Å². The third kappa shape index (κ3) is 5.63. The van der Waals surface area contributed by atoms with Gasteiger partial charge in [-0.1, -0.05) is 54.8 Å². The molecule has 1 aliphatic carbocycles. The van der Waals surface area contributed by atoms with Gasteiger partial charge in [-0.2, -0.15) is 23.3 Å². The summed E-state index contributed by atoms with van der Waals surface area (Å²) in [6.45, 7) is 1.80. The lowest BCUT2D eigenvalue weighted by Crippen LogP contribution is -2.28. The Labute approximate surface area is 199 Å². The fourth-order valence-electron chi connectivity index (χ4n) is 4.18. The molecule has 0 unspecified atom stereocenters. The van der Waals surface area contributed by atoms with E-state index in [0.29, 0.717) is 17.3 Å². The van der Waals surface area contributed by atoms with Gasteiger partial charge in [0.05, 0.1) is 11.4 Å². The lowest BCUT2D eigenvalue weighted by atomic mass is 9.83. The Hall–Kier alpha value is -2.26. The summed E-state index contributed by atoms with van der Waals surface area (Å²) in [5.74, 6) is 0.0962. The van der Waals surface area contributed by atoms with Crippen LogP contribution in [0.5, 0.6) is 5.88 Å². The predicted molar refractivity (Wildman–Crippen MR) is 122 cm³/mol. The van der Waals surface area contributed by atoms with Gasteiger partial charge in [0.25, 0.3) is 0 Å². The number of ether oxygens (including phenoxy) is 1. The summed E-state index contributed by atoms with van der Waals surface area (Å²) in [6.07, 6.45) is 1.95. The van der Waals surface area contributed by atoms with E-state index in [4.69, 9.17) is 16.3 Å². The van der Waals surface area contributed by atoms with Crippen molar-refractivity contribution in [3.8, 4) is 11.6 Å². The molecule has 0 amide bonds. The molecule has 176 valence electrons. The Morgan fingerprint density at radius 2 is 1.88 bits per heavy atom. The molecule has 0 spiro atoms. The molecule has 3 aromatic rings. The highest BCUT2D eigenvalue weighted by molar-refractivity contribution is 7.98. The minimum atomic E-state index is -4.69. The number of nitrogens with zero attached hydrogens (tertiary/aromatic N) is 4. The molecular weight excluding hydrogens is 473 g/mol. The first kappa shape index (κ1) is 23.9. The smallest absolute Gasteiger partial charge is 0.429 e. The van der Waals surface area contributed by atoms with Gasteiger partial charge in [-0.05, 0) is 49.6 Å². The highest BCUT2D eigenvalue weighted by Crippen LogP contribution is 2.41. The summed E-state index contributed by atoms with van der Waals surface area (Å²) in [5.41, 5.74) is 2.04. The molecule has 1 aromatic carbocycles. The average molecular weight is 497 g/mol. The van der Waals surface area contributed by atoms with Crippen LogP contribution in [0.1, 0.15) is 60.9 Å². The molecular formula is C23H24ClF3N4OS. The second-order valence-electron chi connectivity index (χ2n) is 8.11. The van der Waals surface area contributed by atoms with Crippen LogP contribution in [0.4, 0.5) is 13.2 Å². The third-order valence-electron chi connectivity index (χ3n) is 5.75. The van der Waals surface area contributed by atoms with Crippen molar-refractivity contribution in [2.75, 3.05) is 6.26 Å². The maximum atomic E-state index is 14.3. The molecule has 1 aliphatic rings. The van der Waals surface area contributed by atoms with Crippen molar-refractivity contribution in [3.63, 3.8) is 0 Å². The number of halogens is 4. The number of rotatable bonds is 6. The fraction of sp³-hybridized carbons (Fsp3) is 0.435. The monoisotopic (exact) mass is 496 g/mol. The maximum absolute atomic E-state index is 14.3. The number of benzene rings is 1. The van der Waals surface area contributed by atoms with E-state index in [2.05, 4.69) is 15.1 Å². The first-order valence-electron chi connectivity index (χ1n) is 10.7. The van der Waals surface area contributed by atoms with Gasteiger partial charge < -0.3 is 4.74 Å². The van der Waals surface area contributed by atoms with E-state index in [1.165, 1.54) is 35.0 Å². The van der Waals surface area contributed by atoms with Crippen molar-refractivity contribution < 1.29 is 17.9 Å². The lowest BCUT2D eigenvalue weighted by molar-refractivity contribution is -0.198. The van der Waals surface area contributed by atoms with Crippen LogP contribution in [0, 0.1) is 6.92 Å². The molecule has 0 N–H and O–H groups in total. The highest BCUT2D eigenvalue weighted by Gasteiger charge is 2.45. The largest absolute Gasteiger partial charge is 0.459 e. The van der Waals surface area contributed by atoms with Gasteiger partial charge in [-0.25, -0.2) is 9.67 Å². The quantitative estimate of drug-likeness (QED) is 0.207. The van der Waals surface area contributed by atoms with Crippen molar-refractivity contribution in [1.29, 1.82) is 0 Å². The van der Waals surface area contributed by atoms with E-state index in [9.17, 15) is 13.2 Å². The minimum Gasteiger partial charge on any atom is -0.459 e. The first-order chi connectivity index (χ1) is 15.7. The Morgan fingerprint density at radius 3 is 2.52 bits per heavy atom. The zero-order chi connectivity index (χ0) is 23.6. The molecule has 1 atom stereocenters. The Kier molecular flexibility index (Phi) is 7.19. The Balaban J connectivity index is 1.79. The van der Waals surface area contributed by atoms with Gasteiger partial charge in [0, 0.05) is 17.8 Å². The van der Waals surface area contributed by atoms with E-state index in [1.54, 1.807) is 31.5 Å². The van der Waals surface area contributed by atoms with Crippen LogP contribution < -0.4 is 4.74 Å². The van der Waals surface area contributed by atoms with Gasteiger partial charge in [0.2, 0.25) is 12.0 Å². The molecule has 4 rings (SSSR count). The van der Waals surface area contributed by atoms with Gasteiger partial charge >= 0.3 is 6.18 Å². The maximum Gasteiger partial charge on any atom is 0.429 e. The minimum absolute atomic E-state index is 0.0147. The number of alkyl halides is 3. The number of hydrogen-bond acceptors (Lipinski definition) is 5. The Morgan fingerprint density at radius 1 is 1.12 bits per heavy atom. The summed E-state index contributed by atoms with van der Waals surface area (Å²) in [7, 11) is 0. The molecule has 5 nitrogen and oxygen atoms in total. The van der Waals surface area contributed by atoms with Crippen LogP contribution in [0.15, 0.2) is 41.7 Å².